The summed E-state index contributed by atoms with van der Waals surface area (Å²) in [5, 5.41) is 0. The van der Waals surface area contributed by atoms with Gasteiger partial charge < -0.3 is 0 Å². The van der Waals surface area contributed by atoms with Gasteiger partial charge in [0.1, 0.15) is 5.78 Å². The number of unbranched alkanes of at least 4 members (excludes halogenated alkanes) is 13. The second kappa shape index (κ2) is 17.1. The molecule has 1 unspecified atom stereocenters. The summed E-state index contributed by atoms with van der Waals surface area (Å²) in [6.45, 7) is 8.59. The van der Waals surface area contributed by atoms with E-state index in [1.54, 1.807) is 0 Å². The first-order valence-electron chi connectivity index (χ1n) is 11.6. The Bertz CT molecular complexity index is 296. The topological polar surface area (TPSA) is 17.1 Å². The summed E-state index contributed by atoms with van der Waals surface area (Å²) in [6.07, 6.45) is 23.6. The minimum atomic E-state index is -0.00693. The van der Waals surface area contributed by atoms with Crippen molar-refractivity contribution in [3.63, 3.8) is 0 Å². The zero-order valence-electron chi connectivity index (χ0n) is 18.1. The monoisotopic (exact) mass is 352 g/mol. The Morgan fingerprint density at radius 3 is 1.20 bits per heavy atom. The van der Waals surface area contributed by atoms with Crippen LogP contribution in [0.4, 0.5) is 0 Å². The van der Waals surface area contributed by atoms with Gasteiger partial charge in [0.25, 0.3) is 0 Å². The molecular formula is C24H48O. The van der Waals surface area contributed by atoms with Crippen LogP contribution in [0.3, 0.4) is 0 Å². The molecule has 25 heavy (non-hydrogen) atoms. The van der Waals surface area contributed by atoms with Crippen LogP contribution in [0, 0.1) is 5.41 Å². The molecule has 0 aromatic rings. The van der Waals surface area contributed by atoms with Gasteiger partial charge in [-0.3, -0.25) is 4.79 Å². The summed E-state index contributed by atoms with van der Waals surface area (Å²) >= 11 is 0. The van der Waals surface area contributed by atoms with Crippen LogP contribution >= 0.6 is 0 Å². The molecule has 0 saturated carbocycles. The average Bonchev–Trinajstić information content (AvgIpc) is 2.61. The molecule has 0 amide bonds. The lowest BCUT2D eigenvalue weighted by Gasteiger charge is -2.30. The van der Waals surface area contributed by atoms with E-state index in [1.165, 1.54) is 96.3 Å². The van der Waals surface area contributed by atoms with Crippen LogP contribution in [0.5, 0.6) is 0 Å². The lowest BCUT2D eigenvalue weighted by Crippen LogP contribution is -2.28. The zero-order valence-corrected chi connectivity index (χ0v) is 18.1. The van der Waals surface area contributed by atoms with Crippen LogP contribution in [0.2, 0.25) is 0 Å². The molecule has 1 nitrogen and oxygen atoms in total. The molecule has 1 heteroatoms. The van der Waals surface area contributed by atoms with E-state index < -0.39 is 0 Å². The summed E-state index contributed by atoms with van der Waals surface area (Å²) in [6, 6.07) is 0. The van der Waals surface area contributed by atoms with E-state index >= 15 is 0 Å². The maximum atomic E-state index is 12.3. The predicted molar refractivity (Wildman–Crippen MR) is 113 cm³/mol. The molecule has 0 fully saturated rings. The number of carbonyl (C=O) groups excluding carboxylic acids is 1. The third-order valence-corrected chi connectivity index (χ3v) is 6.19. The largest absolute Gasteiger partial charge is 0.299 e. The van der Waals surface area contributed by atoms with E-state index in [1.807, 2.05) is 6.92 Å². The van der Waals surface area contributed by atoms with E-state index in [2.05, 4.69) is 20.8 Å². The molecule has 0 aliphatic carbocycles. The Morgan fingerprint density at radius 1 is 0.560 bits per heavy atom. The van der Waals surface area contributed by atoms with Gasteiger partial charge in [-0.2, -0.15) is 0 Å². The molecule has 150 valence electrons. The van der Waals surface area contributed by atoms with Crippen LogP contribution in [0.25, 0.3) is 0 Å². The van der Waals surface area contributed by atoms with Crippen LogP contribution in [-0.4, -0.2) is 5.78 Å². The SMILES string of the molecule is CCCCCCCCCCCCCC(CC)(CCCCCC)C(C)=O. The summed E-state index contributed by atoms with van der Waals surface area (Å²) in [5.41, 5.74) is -0.00693. The van der Waals surface area contributed by atoms with E-state index in [0.29, 0.717) is 5.78 Å². The van der Waals surface area contributed by atoms with Crippen LogP contribution in [0.15, 0.2) is 0 Å². The molecule has 0 spiro atoms. The van der Waals surface area contributed by atoms with Gasteiger partial charge in [-0.25, -0.2) is 0 Å². The molecule has 0 aliphatic heterocycles. The number of hydrogen-bond acceptors (Lipinski definition) is 1. The summed E-state index contributed by atoms with van der Waals surface area (Å²) in [7, 11) is 0. The Balaban J connectivity index is 3.79. The number of ketones is 1. The maximum Gasteiger partial charge on any atom is 0.135 e. The van der Waals surface area contributed by atoms with Gasteiger partial charge >= 0.3 is 0 Å². The third kappa shape index (κ3) is 12.6. The lowest BCUT2D eigenvalue weighted by molar-refractivity contribution is -0.127. The number of hydrogen-bond donors (Lipinski definition) is 0. The number of carbonyl (C=O) groups is 1. The molecule has 0 aliphatic rings. The van der Waals surface area contributed by atoms with Crippen LogP contribution < -0.4 is 0 Å². The van der Waals surface area contributed by atoms with E-state index in [9.17, 15) is 4.79 Å². The van der Waals surface area contributed by atoms with E-state index in [0.717, 1.165) is 19.3 Å². The van der Waals surface area contributed by atoms with Crippen molar-refractivity contribution in [3.8, 4) is 0 Å². The number of rotatable bonds is 19. The van der Waals surface area contributed by atoms with Crippen LogP contribution in [0.1, 0.15) is 143 Å². The molecular weight excluding hydrogens is 304 g/mol. The highest BCUT2D eigenvalue weighted by Crippen LogP contribution is 2.36. The Morgan fingerprint density at radius 2 is 0.880 bits per heavy atom. The van der Waals surface area contributed by atoms with Crippen molar-refractivity contribution in [2.75, 3.05) is 0 Å². The molecule has 0 heterocycles. The first kappa shape index (κ1) is 24.7. The first-order chi connectivity index (χ1) is 12.1. The van der Waals surface area contributed by atoms with E-state index in [4.69, 9.17) is 0 Å². The zero-order chi connectivity index (χ0) is 18.8. The number of Topliss-reactive ketones (excluding diaryl/α,β-unsaturated/α-hetero) is 1. The smallest absolute Gasteiger partial charge is 0.135 e. The second-order valence-corrected chi connectivity index (χ2v) is 8.29. The van der Waals surface area contributed by atoms with Crippen molar-refractivity contribution in [2.24, 2.45) is 5.41 Å². The molecule has 0 rings (SSSR count). The fraction of sp³-hybridized carbons (Fsp3) is 0.958. The van der Waals surface area contributed by atoms with Gasteiger partial charge in [0.05, 0.1) is 0 Å². The van der Waals surface area contributed by atoms with Crippen molar-refractivity contribution >= 4 is 5.78 Å². The predicted octanol–water partition coefficient (Wildman–Crippen LogP) is 8.64. The minimum Gasteiger partial charge on any atom is -0.299 e. The highest BCUT2D eigenvalue weighted by molar-refractivity contribution is 5.82. The van der Waals surface area contributed by atoms with Gasteiger partial charge in [-0.1, -0.05) is 117 Å². The van der Waals surface area contributed by atoms with Gasteiger partial charge in [0, 0.05) is 5.41 Å². The quantitative estimate of drug-likeness (QED) is 0.212. The fourth-order valence-electron chi connectivity index (χ4n) is 4.10. The highest BCUT2D eigenvalue weighted by Gasteiger charge is 2.31. The van der Waals surface area contributed by atoms with Crippen molar-refractivity contribution < 1.29 is 4.79 Å². The standard InChI is InChI=1S/C24H48O/c1-5-8-10-12-13-14-15-16-17-18-20-22-24(7-3,23(4)25)21-19-11-9-6-2/h5-22H2,1-4H3. The molecule has 0 N–H and O–H groups in total. The summed E-state index contributed by atoms with van der Waals surface area (Å²) in [4.78, 5) is 12.3. The molecule has 0 radical (unpaired) electrons. The summed E-state index contributed by atoms with van der Waals surface area (Å²) < 4.78 is 0. The van der Waals surface area contributed by atoms with Crippen molar-refractivity contribution in [1.82, 2.24) is 0 Å². The van der Waals surface area contributed by atoms with Gasteiger partial charge in [-0.05, 0) is 26.2 Å². The Labute approximate surface area is 159 Å². The fourth-order valence-corrected chi connectivity index (χ4v) is 4.10. The second-order valence-electron chi connectivity index (χ2n) is 8.29. The molecule has 0 aromatic carbocycles. The molecule has 0 aromatic heterocycles. The molecule has 0 saturated heterocycles. The normalized spacial score (nSPS) is 13.8. The van der Waals surface area contributed by atoms with Gasteiger partial charge in [0.15, 0.2) is 0 Å². The Hall–Kier alpha value is -0.330. The van der Waals surface area contributed by atoms with E-state index in [-0.39, 0.29) is 5.41 Å². The average molecular weight is 353 g/mol. The first-order valence-corrected chi connectivity index (χ1v) is 11.6. The van der Waals surface area contributed by atoms with Crippen molar-refractivity contribution in [3.05, 3.63) is 0 Å². The Kier molecular flexibility index (Phi) is 16.9. The van der Waals surface area contributed by atoms with Gasteiger partial charge in [-0.15, -0.1) is 0 Å². The van der Waals surface area contributed by atoms with Crippen LogP contribution in [-0.2, 0) is 4.79 Å². The molecule has 0 bridgehead atoms. The summed E-state index contributed by atoms with van der Waals surface area (Å²) in [5.74, 6) is 0.443. The van der Waals surface area contributed by atoms with Gasteiger partial charge in [0.2, 0.25) is 0 Å². The highest BCUT2D eigenvalue weighted by atomic mass is 16.1. The van der Waals surface area contributed by atoms with Crippen molar-refractivity contribution in [2.45, 2.75) is 143 Å². The van der Waals surface area contributed by atoms with Crippen molar-refractivity contribution in [1.29, 1.82) is 0 Å². The molecule has 1 atom stereocenters. The maximum absolute atomic E-state index is 12.3. The third-order valence-electron chi connectivity index (χ3n) is 6.19. The lowest BCUT2D eigenvalue weighted by atomic mass is 9.73. The minimum absolute atomic E-state index is 0.00693.